The van der Waals surface area contributed by atoms with Gasteiger partial charge in [-0.15, -0.1) is 0 Å². The van der Waals surface area contributed by atoms with Crippen LogP contribution in [0.3, 0.4) is 0 Å². The lowest BCUT2D eigenvalue weighted by atomic mass is 9.96. The number of nitrogens with one attached hydrogen (secondary N) is 1. The van der Waals surface area contributed by atoms with Crippen LogP contribution in [0.5, 0.6) is 0 Å². The van der Waals surface area contributed by atoms with Gasteiger partial charge in [0.1, 0.15) is 0 Å². The van der Waals surface area contributed by atoms with Crippen molar-refractivity contribution in [1.29, 1.82) is 0 Å². The van der Waals surface area contributed by atoms with Gasteiger partial charge in [-0.1, -0.05) is 51.1 Å². The molecule has 0 aromatic heterocycles. The van der Waals surface area contributed by atoms with Gasteiger partial charge >= 0.3 is 0 Å². The molecule has 102 valence electrons. The van der Waals surface area contributed by atoms with E-state index in [4.69, 9.17) is 0 Å². The molecule has 0 bridgehead atoms. The van der Waals surface area contributed by atoms with E-state index >= 15 is 0 Å². The van der Waals surface area contributed by atoms with Crippen molar-refractivity contribution >= 4 is 0 Å². The summed E-state index contributed by atoms with van der Waals surface area (Å²) in [4.78, 5) is 2.49. The van der Waals surface area contributed by atoms with Gasteiger partial charge in [-0.25, -0.2) is 0 Å². The standard InChI is InChI=1S/C16H28N2/c1-5-13-18(4)15(6-2)16(17-7-3)14-11-9-8-10-12-14/h8-12,15-17H,5-7,13H2,1-4H3. The first-order valence-electron chi connectivity index (χ1n) is 7.23. The molecule has 2 nitrogen and oxygen atoms in total. The second kappa shape index (κ2) is 8.28. The Morgan fingerprint density at radius 2 is 1.78 bits per heavy atom. The van der Waals surface area contributed by atoms with E-state index < -0.39 is 0 Å². The van der Waals surface area contributed by atoms with Crippen molar-refractivity contribution in [2.45, 2.75) is 45.7 Å². The lowest BCUT2D eigenvalue weighted by Crippen LogP contribution is -2.42. The third-order valence-corrected chi connectivity index (χ3v) is 3.53. The molecule has 0 aliphatic heterocycles. The normalized spacial score (nSPS) is 14.7. The van der Waals surface area contributed by atoms with Crippen molar-refractivity contribution in [3.63, 3.8) is 0 Å². The fourth-order valence-electron chi connectivity index (χ4n) is 2.68. The van der Waals surface area contributed by atoms with Crippen molar-refractivity contribution in [3.8, 4) is 0 Å². The summed E-state index contributed by atoms with van der Waals surface area (Å²) < 4.78 is 0. The minimum Gasteiger partial charge on any atom is -0.309 e. The van der Waals surface area contributed by atoms with Crippen LogP contribution >= 0.6 is 0 Å². The first-order chi connectivity index (χ1) is 8.74. The second-order valence-electron chi connectivity index (χ2n) is 4.90. The van der Waals surface area contributed by atoms with Gasteiger partial charge in [0.25, 0.3) is 0 Å². The molecule has 0 fully saturated rings. The Labute approximate surface area is 112 Å². The van der Waals surface area contributed by atoms with Crippen LogP contribution in [0, 0.1) is 0 Å². The lowest BCUT2D eigenvalue weighted by Gasteiger charge is -2.34. The van der Waals surface area contributed by atoms with E-state index in [9.17, 15) is 0 Å². The van der Waals surface area contributed by atoms with Crippen LogP contribution in [-0.4, -0.2) is 31.1 Å². The van der Waals surface area contributed by atoms with Gasteiger partial charge in [0.15, 0.2) is 0 Å². The number of hydrogen-bond donors (Lipinski definition) is 1. The number of likely N-dealkylation sites (N-methyl/N-ethyl adjacent to an activating group) is 2. The molecule has 0 saturated carbocycles. The lowest BCUT2D eigenvalue weighted by molar-refractivity contribution is 0.187. The van der Waals surface area contributed by atoms with Crippen molar-refractivity contribution in [1.82, 2.24) is 10.2 Å². The summed E-state index contributed by atoms with van der Waals surface area (Å²) in [6.07, 6.45) is 2.38. The molecule has 1 N–H and O–H groups in total. The average Bonchev–Trinajstić information content (AvgIpc) is 2.40. The molecule has 0 amide bonds. The van der Waals surface area contributed by atoms with Gasteiger partial charge < -0.3 is 10.2 Å². The van der Waals surface area contributed by atoms with Crippen LogP contribution in [0.25, 0.3) is 0 Å². The minimum atomic E-state index is 0.428. The molecule has 0 radical (unpaired) electrons. The highest BCUT2D eigenvalue weighted by Gasteiger charge is 2.23. The predicted molar refractivity (Wildman–Crippen MR) is 79.9 cm³/mol. The molecule has 0 heterocycles. The molecule has 2 atom stereocenters. The minimum absolute atomic E-state index is 0.428. The number of benzene rings is 1. The van der Waals surface area contributed by atoms with Crippen molar-refractivity contribution < 1.29 is 0 Å². The molecule has 1 aromatic rings. The SMILES string of the molecule is CCCN(C)C(CC)C(NCC)c1ccccc1. The van der Waals surface area contributed by atoms with Crippen LogP contribution in [0.2, 0.25) is 0 Å². The van der Waals surface area contributed by atoms with Crippen molar-refractivity contribution in [3.05, 3.63) is 35.9 Å². The zero-order chi connectivity index (χ0) is 13.4. The highest BCUT2D eigenvalue weighted by molar-refractivity contribution is 5.20. The Morgan fingerprint density at radius 3 is 2.28 bits per heavy atom. The zero-order valence-corrected chi connectivity index (χ0v) is 12.3. The third-order valence-electron chi connectivity index (χ3n) is 3.53. The zero-order valence-electron chi connectivity index (χ0n) is 12.3. The predicted octanol–water partition coefficient (Wildman–Crippen LogP) is 3.46. The first-order valence-corrected chi connectivity index (χ1v) is 7.23. The largest absolute Gasteiger partial charge is 0.309 e. The van der Waals surface area contributed by atoms with Crippen LogP contribution in [0.4, 0.5) is 0 Å². The molecule has 2 heteroatoms. The van der Waals surface area contributed by atoms with Crippen LogP contribution < -0.4 is 5.32 Å². The maximum Gasteiger partial charge on any atom is 0.0477 e. The molecule has 1 aromatic carbocycles. The van der Waals surface area contributed by atoms with Gasteiger partial charge in [0.05, 0.1) is 0 Å². The average molecular weight is 248 g/mol. The fraction of sp³-hybridized carbons (Fsp3) is 0.625. The monoisotopic (exact) mass is 248 g/mol. The van der Waals surface area contributed by atoms with Gasteiger partial charge in [0.2, 0.25) is 0 Å². The Morgan fingerprint density at radius 1 is 1.11 bits per heavy atom. The summed E-state index contributed by atoms with van der Waals surface area (Å²) in [7, 11) is 2.24. The van der Waals surface area contributed by atoms with Gasteiger partial charge in [-0.2, -0.15) is 0 Å². The van der Waals surface area contributed by atoms with Crippen molar-refractivity contribution in [2.24, 2.45) is 0 Å². The molecular formula is C16H28N2. The van der Waals surface area contributed by atoms with E-state index in [0.29, 0.717) is 12.1 Å². The maximum atomic E-state index is 3.65. The molecule has 2 unspecified atom stereocenters. The number of rotatable bonds is 8. The van der Waals surface area contributed by atoms with E-state index in [1.54, 1.807) is 0 Å². The Bertz CT molecular complexity index is 310. The molecule has 0 aliphatic rings. The van der Waals surface area contributed by atoms with E-state index in [1.165, 1.54) is 18.4 Å². The Hall–Kier alpha value is -0.860. The molecule has 1 rings (SSSR count). The van der Waals surface area contributed by atoms with Gasteiger partial charge in [-0.05, 0) is 38.5 Å². The summed E-state index contributed by atoms with van der Waals surface area (Å²) in [5.74, 6) is 0. The van der Waals surface area contributed by atoms with Gasteiger partial charge in [-0.3, -0.25) is 0 Å². The maximum absolute atomic E-state index is 3.65. The van der Waals surface area contributed by atoms with Crippen LogP contribution in [0.1, 0.15) is 45.2 Å². The van der Waals surface area contributed by atoms with E-state index in [1.807, 2.05) is 0 Å². The first kappa shape index (κ1) is 15.2. The second-order valence-corrected chi connectivity index (χ2v) is 4.90. The smallest absolute Gasteiger partial charge is 0.0477 e. The highest BCUT2D eigenvalue weighted by atomic mass is 15.2. The van der Waals surface area contributed by atoms with E-state index in [0.717, 1.165) is 13.1 Å². The topological polar surface area (TPSA) is 15.3 Å². The van der Waals surface area contributed by atoms with Gasteiger partial charge in [0, 0.05) is 12.1 Å². The summed E-state index contributed by atoms with van der Waals surface area (Å²) in [6.45, 7) is 8.88. The summed E-state index contributed by atoms with van der Waals surface area (Å²) in [6, 6.07) is 11.8. The Balaban J connectivity index is 2.87. The Kier molecular flexibility index (Phi) is 6.99. The quantitative estimate of drug-likeness (QED) is 0.758. The molecule has 18 heavy (non-hydrogen) atoms. The number of hydrogen-bond acceptors (Lipinski definition) is 2. The summed E-state index contributed by atoms with van der Waals surface area (Å²) in [5.41, 5.74) is 1.40. The molecular weight excluding hydrogens is 220 g/mol. The third kappa shape index (κ3) is 4.11. The van der Waals surface area contributed by atoms with Crippen LogP contribution in [0.15, 0.2) is 30.3 Å². The molecule has 0 spiro atoms. The summed E-state index contributed by atoms with van der Waals surface area (Å²) >= 11 is 0. The molecule has 0 aliphatic carbocycles. The number of nitrogens with zero attached hydrogens (tertiary/aromatic N) is 1. The summed E-state index contributed by atoms with van der Waals surface area (Å²) in [5, 5.41) is 3.65. The van der Waals surface area contributed by atoms with Crippen LogP contribution in [-0.2, 0) is 0 Å². The van der Waals surface area contributed by atoms with E-state index in [-0.39, 0.29) is 0 Å². The van der Waals surface area contributed by atoms with E-state index in [2.05, 4.69) is 68.4 Å². The highest BCUT2D eigenvalue weighted by Crippen LogP contribution is 2.22. The molecule has 0 saturated heterocycles. The van der Waals surface area contributed by atoms with Crippen molar-refractivity contribution in [2.75, 3.05) is 20.1 Å². The fourth-order valence-corrected chi connectivity index (χ4v) is 2.68.